The number of likely N-dealkylation sites (N-methyl/N-ethyl adjacent to an activating group) is 1. The van der Waals surface area contributed by atoms with E-state index in [1.807, 2.05) is 6.07 Å². The summed E-state index contributed by atoms with van der Waals surface area (Å²) in [4.78, 5) is 12.6. The van der Waals surface area contributed by atoms with E-state index in [-0.39, 0.29) is 6.04 Å². The van der Waals surface area contributed by atoms with Crippen molar-refractivity contribution >= 4 is 5.97 Å². The van der Waals surface area contributed by atoms with Gasteiger partial charge in [0.05, 0.1) is 6.07 Å². The molecule has 0 saturated heterocycles. The Balaban J connectivity index is 2.44. The predicted molar refractivity (Wildman–Crippen MR) is 47.0 cm³/mol. The average molecular weight is 182 g/mol. The quantitative estimate of drug-likeness (QED) is 0.679. The van der Waals surface area contributed by atoms with Gasteiger partial charge in [-0.3, -0.25) is 9.69 Å². The fourth-order valence-electron chi connectivity index (χ4n) is 1.53. The molecule has 0 spiro atoms. The second-order valence-electron chi connectivity index (χ2n) is 3.51. The van der Waals surface area contributed by atoms with Crippen molar-refractivity contribution in [1.29, 1.82) is 5.26 Å². The third-order valence-electron chi connectivity index (χ3n) is 2.37. The molecule has 0 aromatic rings. The molecule has 0 bridgehead atoms. The smallest absolute Gasteiger partial charge is 0.321 e. The number of carboxylic acids is 1. The Bertz CT molecular complexity index is 230. The molecule has 13 heavy (non-hydrogen) atoms. The van der Waals surface area contributed by atoms with Gasteiger partial charge in [-0.25, -0.2) is 0 Å². The van der Waals surface area contributed by atoms with Crippen LogP contribution >= 0.6 is 0 Å². The van der Waals surface area contributed by atoms with Gasteiger partial charge in [-0.1, -0.05) is 0 Å². The molecule has 0 heterocycles. The zero-order valence-corrected chi connectivity index (χ0v) is 7.73. The number of hydrogen-bond donors (Lipinski definition) is 1. The second-order valence-corrected chi connectivity index (χ2v) is 3.51. The molecular formula is C9H14N2O2. The predicted octanol–water partition coefficient (Wildman–Crippen LogP) is 0.695. The Hall–Kier alpha value is -1.08. The van der Waals surface area contributed by atoms with E-state index in [0.717, 1.165) is 12.8 Å². The van der Waals surface area contributed by atoms with Crippen LogP contribution in [0, 0.1) is 17.2 Å². The van der Waals surface area contributed by atoms with Gasteiger partial charge in [-0.05, 0) is 25.8 Å². The molecule has 0 radical (unpaired) electrons. The molecule has 0 aromatic carbocycles. The Kier molecular flexibility index (Phi) is 3.26. The van der Waals surface area contributed by atoms with E-state index in [4.69, 9.17) is 10.4 Å². The zero-order valence-electron chi connectivity index (χ0n) is 7.73. The van der Waals surface area contributed by atoms with Crippen LogP contribution in [0.25, 0.3) is 0 Å². The lowest BCUT2D eigenvalue weighted by Crippen LogP contribution is -2.40. The van der Waals surface area contributed by atoms with E-state index in [1.54, 1.807) is 11.9 Å². The lowest BCUT2D eigenvalue weighted by molar-refractivity contribution is -0.143. The van der Waals surface area contributed by atoms with Gasteiger partial charge in [0, 0.05) is 13.0 Å². The van der Waals surface area contributed by atoms with E-state index in [9.17, 15) is 4.79 Å². The van der Waals surface area contributed by atoms with E-state index >= 15 is 0 Å². The number of nitriles is 1. The van der Waals surface area contributed by atoms with Crippen molar-refractivity contribution in [3.05, 3.63) is 0 Å². The molecule has 0 amide bonds. The fraction of sp³-hybridized carbons (Fsp3) is 0.778. The molecule has 1 saturated carbocycles. The highest BCUT2D eigenvalue weighted by Gasteiger charge is 2.38. The van der Waals surface area contributed by atoms with Crippen molar-refractivity contribution in [2.75, 3.05) is 13.6 Å². The van der Waals surface area contributed by atoms with Crippen LogP contribution in [0.2, 0.25) is 0 Å². The molecule has 0 aliphatic heterocycles. The van der Waals surface area contributed by atoms with Gasteiger partial charge in [-0.2, -0.15) is 5.26 Å². The summed E-state index contributed by atoms with van der Waals surface area (Å²) < 4.78 is 0. The molecule has 1 atom stereocenters. The average Bonchev–Trinajstić information content (AvgIpc) is 2.84. The maximum Gasteiger partial charge on any atom is 0.321 e. The summed E-state index contributed by atoms with van der Waals surface area (Å²) in [6.07, 6.45) is 2.41. The largest absolute Gasteiger partial charge is 0.480 e. The summed E-state index contributed by atoms with van der Waals surface area (Å²) in [7, 11) is 1.77. The third-order valence-corrected chi connectivity index (χ3v) is 2.37. The van der Waals surface area contributed by atoms with E-state index < -0.39 is 5.97 Å². The lowest BCUT2D eigenvalue weighted by Gasteiger charge is -2.23. The van der Waals surface area contributed by atoms with Crippen LogP contribution in [0.3, 0.4) is 0 Å². The maximum absolute atomic E-state index is 10.9. The maximum atomic E-state index is 10.9. The molecule has 1 unspecified atom stereocenters. The van der Waals surface area contributed by atoms with Gasteiger partial charge < -0.3 is 5.11 Å². The molecule has 1 aliphatic rings. The number of carbonyl (C=O) groups is 1. The minimum absolute atomic E-state index is 0.307. The highest BCUT2D eigenvalue weighted by molar-refractivity contribution is 5.74. The summed E-state index contributed by atoms with van der Waals surface area (Å²) in [6.45, 7) is 0.546. The normalized spacial score (nSPS) is 18.2. The van der Waals surface area contributed by atoms with Gasteiger partial charge >= 0.3 is 5.97 Å². The zero-order chi connectivity index (χ0) is 9.84. The minimum Gasteiger partial charge on any atom is -0.480 e. The number of aliphatic carboxylic acids is 1. The Morgan fingerprint density at radius 3 is 2.77 bits per heavy atom. The summed E-state index contributed by atoms with van der Waals surface area (Å²) >= 11 is 0. The number of carboxylic acid groups (broad SMARTS) is 1. The Labute approximate surface area is 77.8 Å². The molecule has 4 heteroatoms. The first-order valence-electron chi connectivity index (χ1n) is 4.47. The first-order valence-corrected chi connectivity index (χ1v) is 4.47. The first kappa shape index (κ1) is 10.0. The van der Waals surface area contributed by atoms with Crippen molar-refractivity contribution in [3.63, 3.8) is 0 Å². The molecule has 1 rings (SSSR count). The highest BCUT2D eigenvalue weighted by atomic mass is 16.4. The highest BCUT2D eigenvalue weighted by Crippen LogP contribution is 2.35. The van der Waals surface area contributed by atoms with E-state index in [0.29, 0.717) is 18.9 Å². The topological polar surface area (TPSA) is 64.3 Å². The molecule has 1 aliphatic carbocycles. The van der Waals surface area contributed by atoms with Crippen LogP contribution in [0.15, 0.2) is 0 Å². The summed E-state index contributed by atoms with van der Waals surface area (Å²) in [5.74, 6) is -0.455. The van der Waals surface area contributed by atoms with Crippen LogP contribution < -0.4 is 0 Å². The summed E-state index contributed by atoms with van der Waals surface area (Å²) in [5.41, 5.74) is 0. The summed E-state index contributed by atoms with van der Waals surface area (Å²) in [6, 6.07) is 1.64. The van der Waals surface area contributed by atoms with Gasteiger partial charge in [0.25, 0.3) is 0 Å². The Morgan fingerprint density at radius 1 is 1.77 bits per heavy atom. The standard InChI is InChI=1S/C9H14N2O2/c1-11(6-2-5-10)8(9(12)13)7-3-4-7/h7-8H,2-4,6H2,1H3,(H,12,13). The van der Waals surface area contributed by atoms with Crippen LogP contribution in [-0.4, -0.2) is 35.6 Å². The monoisotopic (exact) mass is 182 g/mol. The number of nitrogens with zero attached hydrogens (tertiary/aromatic N) is 2. The minimum atomic E-state index is -0.761. The van der Waals surface area contributed by atoms with Gasteiger partial charge in [-0.15, -0.1) is 0 Å². The van der Waals surface area contributed by atoms with Crippen LogP contribution in [0.1, 0.15) is 19.3 Å². The number of hydrogen-bond acceptors (Lipinski definition) is 3. The Morgan fingerprint density at radius 2 is 2.38 bits per heavy atom. The fourth-order valence-corrected chi connectivity index (χ4v) is 1.53. The molecule has 1 fully saturated rings. The molecule has 1 N–H and O–H groups in total. The van der Waals surface area contributed by atoms with Crippen LogP contribution in [-0.2, 0) is 4.79 Å². The van der Waals surface area contributed by atoms with Crippen molar-refractivity contribution in [2.24, 2.45) is 5.92 Å². The summed E-state index contributed by atoms with van der Waals surface area (Å²) in [5, 5.41) is 17.3. The molecular weight excluding hydrogens is 168 g/mol. The first-order chi connectivity index (χ1) is 6.16. The second kappa shape index (κ2) is 4.24. The van der Waals surface area contributed by atoms with E-state index in [1.165, 1.54) is 0 Å². The van der Waals surface area contributed by atoms with Crippen LogP contribution in [0.4, 0.5) is 0 Å². The van der Waals surface area contributed by atoms with Crippen molar-refractivity contribution in [1.82, 2.24) is 4.90 Å². The van der Waals surface area contributed by atoms with Gasteiger partial charge in [0.1, 0.15) is 6.04 Å². The van der Waals surface area contributed by atoms with Gasteiger partial charge in [0.2, 0.25) is 0 Å². The van der Waals surface area contributed by atoms with Crippen molar-refractivity contribution in [2.45, 2.75) is 25.3 Å². The third kappa shape index (κ3) is 2.71. The van der Waals surface area contributed by atoms with Crippen molar-refractivity contribution in [3.8, 4) is 6.07 Å². The number of rotatable bonds is 5. The van der Waals surface area contributed by atoms with E-state index in [2.05, 4.69) is 0 Å². The SMILES string of the molecule is CN(CCC#N)C(C(=O)O)C1CC1. The van der Waals surface area contributed by atoms with Crippen molar-refractivity contribution < 1.29 is 9.90 Å². The lowest BCUT2D eigenvalue weighted by atomic mass is 10.1. The van der Waals surface area contributed by atoms with Gasteiger partial charge in [0.15, 0.2) is 0 Å². The molecule has 72 valence electrons. The van der Waals surface area contributed by atoms with Crippen LogP contribution in [0.5, 0.6) is 0 Å². The molecule has 4 nitrogen and oxygen atoms in total. The molecule has 0 aromatic heterocycles.